The first-order valence-corrected chi connectivity index (χ1v) is 6.92. The Balaban J connectivity index is 1.91. The minimum Gasteiger partial charge on any atom is -0.271 e. The Morgan fingerprint density at radius 3 is 2.52 bits per heavy atom. The van der Waals surface area contributed by atoms with Crippen LogP contribution in [-0.2, 0) is 0 Å². The Hall–Kier alpha value is -3.00. The number of nitrogens with one attached hydrogen (secondary N) is 1. The monoisotopic (exact) mass is 332 g/mol. The summed E-state index contributed by atoms with van der Waals surface area (Å²) in [5, 5.41) is 25.5. The fourth-order valence-electron chi connectivity index (χ4n) is 2.27. The molecule has 0 saturated heterocycles. The summed E-state index contributed by atoms with van der Waals surface area (Å²) in [7, 11) is 0. The molecule has 0 aliphatic heterocycles. The summed E-state index contributed by atoms with van der Waals surface area (Å²) in [6.45, 7) is 0. The molecule has 0 bridgehead atoms. The number of hydrogen-bond acceptors (Lipinski definition) is 6. The molecular formula is C14H9ClN4O4. The fraction of sp³-hybridized carbons (Fsp3) is 0.0714. The molecule has 0 amide bonds. The molecule has 8 nitrogen and oxygen atoms in total. The van der Waals surface area contributed by atoms with E-state index >= 15 is 0 Å². The zero-order valence-electron chi connectivity index (χ0n) is 11.5. The molecule has 23 heavy (non-hydrogen) atoms. The van der Waals surface area contributed by atoms with Crippen LogP contribution < -0.4 is 5.43 Å². The first kappa shape index (κ1) is 14.9. The summed E-state index contributed by atoms with van der Waals surface area (Å²) in [6, 6.07) is 10.7. The number of benzene rings is 2. The Morgan fingerprint density at radius 2 is 1.83 bits per heavy atom. The van der Waals surface area contributed by atoms with Gasteiger partial charge < -0.3 is 0 Å². The lowest BCUT2D eigenvalue weighted by atomic mass is 9.86. The zero-order valence-corrected chi connectivity index (χ0v) is 12.2. The molecule has 0 aromatic heterocycles. The molecule has 9 heteroatoms. The van der Waals surface area contributed by atoms with Gasteiger partial charge in [0.1, 0.15) is 11.1 Å². The number of alkyl halides is 1. The summed E-state index contributed by atoms with van der Waals surface area (Å²) in [4.78, 5) is 20.4. The van der Waals surface area contributed by atoms with Crippen molar-refractivity contribution in [2.45, 2.75) is 5.38 Å². The number of halogens is 1. The minimum absolute atomic E-state index is 0.0568. The third-order valence-corrected chi connectivity index (χ3v) is 3.88. The largest absolute Gasteiger partial charge is 0.301 e. The summed E-state index contributed by atoms with van der Waals surface area (Å²) < 4.78 is 0. The Morgan fingerprint density at radius 1 is 1.09 bits per heavy atom. The van der Waals surface area contributed by atoms with E-state index in [9.17, 15) is 20.2 Å². The summed E-state index contributed by atoms with van der Waals surface area (Å²) in [5.74, 6) is 0. The second-order valence-corrected chi connectivity index (χ2v) is 5.21. The van der Waals surface area contributed by atoms with E-state index in [0.29, 0.717) is 5.71 Å². The highest BCUT2D eigenvalue weighted by Crippen LogP contribution is 2.39. The first-order chi connectivity index (χ1) is 11.0. The van der Waals surface area contributed by atoms with Crippen LogP contribution in [0.2, 0.25) is 0 Å². The number of nitro benzene ring substituents is 2. The maximum Gasteiger partial charge on any atom is 0.301 e. The van der Waals surface area contributed by atoms with Gasteiger partial charge in [0.15, 0.2) is 0 Å². The molecule has 116 valence electrons. The number of fused-ring (bicyclic) bond motifs is 1. The standard InChI is InChI=1S/C14H9ClN4O4/c15-13-9-3-1-2-4-10(9)14(13)17-16-11-6-5-8(18(20)21)7-12(11)19(22)23/h1-7,13,16H/b17-14-/t13-/m1/s1. The van der Waals surface area contributed by atoms with E-state index in [1.165, 1.54) is 12.1 Å². The van der Waals surface area contributed by atoms with Crippen molar-refractivity contribution in [3.8, 4) is 0 Å². The van der Waals surface area contributed by atoms with Crippen LogP contribution in [0.25, 0.3) is 0 Å². The lowest BCUT2D eigenvalue weighted by molar-refractivity contribution is -0.393. The SMILES string of the molecule is O=[N+]([O-])c1ccc(N/N=C2/c3ccccc3[C@H]2Cl)c([N+](=O)[O-])c1. The molecule has 0 unspecified atom stereocenters. The molecule has 2 aromatic carbocycles. The minimum atomic E-state index is -0.706. The first-order valence-electron chi connectivity index (χ1n) is 6.49. The van der Waals surface area contributed by atoms with Gasteiger partial charge in [0.05, 0.1) is 21.6 Å². The maximum absolute atomic E-state index is 11.1. The molecule has 0 fully saturated rings. The number of anilines is 1. The number of rotatable bonds is 4. The molecule has 3 rings (SSSR count). The normalized spacial score (nSPS) is 17.3. The summed E-state index contributed by atoms with van der Waals surface area (Å²) >= 11 is 6.19. The highest BCUT2D eigenvalue weighted by atomic mass is 35.5. The highest BCUT2D eigenvalue weighted by Gasteiger charge is 2.32. The van der Waals surface area contributed by atoms with Gasteiger partial charge in [0, 0.05) is 11.6 Å². The van der Waals surface area contributed by atoms with Crippen molar-refractivity contribution < 1.29 is 9.85 Å². The molecule has 2 aromatic rings. The van der Waals surface area contributed by atoms with E-state index in [1.54, 1.807) is 0 Å². The van der Waals surface area contributed by atoms with Crippen LogP contribution in [0.1, 0.15) is 16.5 Å². The average molecular weight is 333 g/mol. The molecule has 1 atom stereocenters. The third kappa shape index (κ3) is 2.59. The van der Waals surface area contributed by atoms with Gasteiger partial charge in [0.2, 0.25) is 0 Å². The maximum atomic E-state index is 11.1. The molecule has 0 spiro atoms. The summed E-state index contributed by atoms with van der Waals surface area (Å²) in [5.41, 5.74) is 4.21. The van der Waals surface area contributed by atoms with Gasteiger partial charge in [-0.3, -0.25) is 25.7 Å². The van der Waals surface area contributed by atoms with Crippen molar-refractivity contribution in [1.29, 1.82) is 0 Å². The van der Waals surface area contributed by atoms with Crippen molar-refractivity contribution >= 4 is 34.4 Å². The van der Waals surface area contributed by atoms with Gasteiger partial charge >= 0.3 is 5.69 Å². The number of hydrazone groups is 1. The van der Waals surface area contributed by atoms with Crippen molar-refractivity contribution in [1.82, 2.24) is 0 Å². The lowest BCUT2D eigenvalue weighted by Crippen LogP contribution is -2.24. The van der Waals surface area contributed by atoms with Gasteiger partial charge in [-0.05, 0) is 11.6 Å². The number of hydrogen-bond donors (Lipinski definition) is 1. The van der Waals surface area contributed by atoms with Gasteiger partial charge in [-0.2, -0.15) is 5.10 Å². The van der Waals surface area contributed by atoms with Crippen LogP contribution in [0.15, 0.2) is 47.6 Å². The quantitative estimate of drug-likeness (QED) is 0.522. The molecule has 0 saturated carbocycles. The van der Waals surface area contributed by atoms with Crippen molar-refractivity contribution in [2.24, 2.45) is 5.10 Å². The van der Waals surface area contributed by atoms with Crippen LogP contribution in [0.4, 0.5) is 17.1 Å². The molecule has 1 N–H and O–H groups in total. The molecule has 0 heterocycles. The van der Waals surface area contributed by atoms with Crippen LogP contribution in [0.5, 0.6) is 0 Å². The van der Waals surface area contributed by atoms with E-state index in [4.69, 9.17) is 11.6 Å². The van der Waals surface area contributed by atoms with E-state index in [2.05, 4.69) is 10.5 Å². The fourth-order valence-corrected chi connectivity index (χ4v) is 2.63. The molecule has 1 aliphatic rings. The van der Waals surface area contributed by atoms with Crippen molar-refractivity contribution in [3.63, 3.8) is 0 Å². The smallest absolute Gasteiger partial charge is 0.271 e. The van der Waals surface area contributed by atoms with Crippen molar-refractivity contribution in [2.75, 3.05) is 5.43 Å². The number of nitro groups is 2. The van der Waals surface area contributed by atoms with Gasteiger partial charge in [0.25, 0.3) is 5.69 Å². The van der Waals surface area contributed by atoms with Crippen molar-refractivity contribution in [3.05, 3.63) is 73.8 Å². The third-order valence-electron chi connectivity index (χ3n) is 3.44. The van der Waals surface area contributed by atoms with E-state index < -0.39 is 20.9 Å². The van der Waals surface area contributed by atoms with E-state index in [1.807, 2.05) is 24.3 Å². The second kappa shape index (κ2) is 5.65. The average Bonchev–Trinajstić information content (AvgIpc) is 2.54. The number of non-ortho nitro benzene ring substituents is 1. The molecule has 0 radical (unpaired) electrons. The van der Waals surface area contributed by atoms with Gasteiger partial charge in [-0.15, -0.1) is 11.6 Å². The number of nitrogens with zero attached hydrogens (tertiary/aromatic N) is 3. The topological polar surface area (TPSA) is 111 Å². The molecular weight excluding hydrogens is 324 g/mol. The Bertz CT molecular complexity index is 852. The Labute approximate surface area is 134 Å². The van der Waals surface area contributed by atoms with Crippen LogP contribution in [0.3, 0.4) is 0 Å². The molecule has 1 aliphatic carbocycles. The van der Waals surface area contributed by atoms with Crippen LogP contribution in [0, 0.1) is 20.2 Å². The summed E-state index contributed by atoms with van der Waals surface area (Å²) in [6.07, 6.45) is 0. The van der Waals surface area contributed by atoms with Gasteiger partial charge in [-0.25, -0.2) is 0 Å². The zero-order chi connectivity index (χ0) is 16.6. The predicted octanol–water partition coefficient (Wildman–Crippen LogP) is 3.61. The van der Waals surface area contributed by atoms with E-state index in [0.717, 1.165) is 17.2 Å². The van der Waals surface area contributed by atoms with Crippen LogP contribution in [-0.4, -0.2) is 15.6 Å². The lowest BCUT2D eigenvalue weighted by Gasteiger charge is -2.26. The second-order valence-electron chi connectivity index (χ2n) is 4.77. The highest BCUT2D eigenvalue weighted by molar-refractivity contribution is 6.40. The van der Waals surface area contributed by atoms with E-state index in [-0.39, 0.29) is 11.4 Å². The Kier molecular flexibility index (Phi) is 3.67. The van der Waals surface area contributed by atoms with Crippen LogP contribution >= 0.6 is 11.6 Å². The predicted molar refractivity (Wildman–Crippen MR) is 84.9 cm³/mol. The van der Waals surface area contributed by atoms with Gasteiger partial charge in [-0.1, -0.05) is 24.3 Å².